The summed E-state index contributed by atoms with van der Waals surface area (Å²) in [7, 11) is -3.62. The zero-order valence-electron chi connectivity index (χ0n) is 11.3. The molecule has 0 saturated carbocycles. The Labute approximate surface area is 132 Å². The number of aromatic nitrogens is 1. The molecule has 0 amide bonds. The van der Waals surface area contributed by atoms with Crippen LogP contribution in [-0.4, -0.2) is 19.9 Å². The summed E-state index contributed by atoms with van der Waals surface area (Å²) >= 11 is 3.25. The number of nitrogens with zero attached hydrogens (tertiary/aromatic N) is 1. The summed E-state index contributed by atoms with van der Waals surface area (Å²) in [5, 5.41) is 0. The molecule has 0 fully saturated rings. The number of hydrogen-bond acceptors (Lipinski definition) is 4. The molecule has 0 saturated heterocycles. The molecule has 0 spiro atoms. The summed E-state index contributed by atoms with van der Waals surface area (Å²) < 4.78 is 27.7. The number of hydrogen-bond donors (Lipinski definition) is 2. The zero-order valence-corrected chi connectivity index (χ0v) is 13.7. The van der Waals surface area contributed by atoms with Gasteiger partial charge in [-0.2, -0.15) is 0 Å². The number of sulfonamides is 1. The smallest absolute Gasteiger partial charge is 0.263 e. The lowest BCUT2D eigenvalue weighted by atomic mass is 10.1. The average Bonchev–Trinajstić information content (AvgIpc) is 2.48. The SMILES string of the molecule is NCCCc1ccc(S(=O)(=O)Nc2ccc(Br)cn2)cc1. The van der Waals surface area contributed by atoms with E-state index in [0.29, 0.717) is 6.54 Å². The van der Waals surface area contributed by atoms with E-state index in [9.17, 15) is 8.42 Å². The van der Waals surface area contributed by atoms with Crippen LogP contribution in [0.2, 0.25) is 0 Å². The summed E-state index contributed by atoms with van der Waals surface area (Å²) in [6.07, 6.45) is 3.26. The van der Waals surface area contributed by atoms with Crippen molar-refractivity contribution in [2.24, 2.45) is 5.73 Å². The fraction of sp³-hybridized carbons (Fsp3) is 0.214. The molecule has 0 aliphatic carbocycles. The van der Waals surface area contributed by atoms with Crippen LogP contribution in [0.3, 0.4) is 0 Å². The molecule has 21 heavy (non-hydrogen) atoms. The highest BCUT2D eigenvalue weighted by molar-refractivity contribution is 9.10. The second-order valence-corrected chi connectivity index (χ2v) is 7.10. The van der Waals surface area contributed by atoms with Crippen molar-refractivity contribution in [3.63, 3.8) is 0 Å². The van der Waals surface area contributed by atoms with Crippen molar-refractivity contribution < 1.29 is 8.42 Å². The Bertz CT molecular complexity index is 685. The molecule has 5 nitrogen and oxygen atoms in total. The molecule has 0 bridgehead atoms. The normalized spacial score (nSPS) is 11.3. The van der Waals surface area contributed by atoms with Crippen molar-refractivity contribution in [1.82, 2.24) is 4.98 Å². The van der Waals surface area contributed by atoms with E-state index in [0.717, 1.165) is 22.9 Å². The zero-order chi connectivity index (χ0) is 15.3. The average molecular weight is 370 g/mol. The molecule has 2 aromatic rings. The second-order valence-electron chi connectivity index (χ2n) is 4.50. The minimum atomic E-state index is -3.62. The van der Waals surface area contributed by atoms with Gasteiger partial charge in [-0.25, -0.2) is 13.4 Å². The number of nitrogens with two attached hydrogens (primary N) is 1. The fourth-order valence-corrected chi connectivity index (χ4v) is 3.02. The first-order valence-corrected chi connectivity index (χ1v) is 8.72. The Hall–Kier alpha value is -1.44. The van der Waals surface area contributed by atoms with Crippen molar-refractivity contribution in [1.29, 1.82) is 0 Å². The molecule has 2 rings (SSSR count). The van der Waals surface area contributed by atoms with Crippen LogP contribution in [0.4, 0.5) is 5.82 Å². The Kier molecular flexibility index (Phi) is 5.33. The first-order valence-electron chi connectivity index (χ1n) is 6.44. The van der Waals surface area contributed by atoms with Crippen molar-refractivity contribution in [2.75, 3.05) is 11.3 Å². The number of benzene rings is 1. The summed E-state index contributed by atoms with van der Waals surface area (Å²) in [6, 6.07) is 10.1. The quantitative estimate of drug-likeness (QED) is 0.818. The van der Waals surface area contributed by atoms with E-state index in [1.165, 1.54) is 6.20 Å². The lowest BCUT2D eigenvalue weighted by Gasteiger charge is -2.08. The largest absolute Gasteiger partial charge is 0.330 e. The molecular formula is C14H16BrN3O2S. The maximum atomic E-state index is 12.2. The lowest BCUT2D eigenvalue weighted by molar-refractivity contribution is 0.601. The third-order valence-electron chi connectivity index (χ3n) is 2.87. The van der Waals surface area contributed by atoms with Gasteiger partial charge < -0.3 is 5.73 Å². The number of halogens is 1. The third kappa shape index (κ3) is 4.52. The van der Waals surface area contributed by atoms with E-state index in [1.54, 1.807) is 36.4 Å². The van der Waals surface area contributed by atoms with Gasteiger partial charge >= 0.3 is 0 Å². The van der Waals surface area contributed by atoms with E-state index in [2.05, 4.69) is 25.6 Å². The number of nitrogens with one attached hydrogen (secondary N) is 1. The van der Waals surface area contributed by atoms with Gasteiger partial charge in [-0.15, -0.1) is 0 Å². The monoisotopic (exact) mass is 369 g/mol. The van der Waals surface area contributed by atoms with Crippen LogP contribution in [0.1, 0.15) is 12.0 Å². The number of anilines is 1. The van der Waals surface area contributed by atoms with E-state index in [4.69, 9.17) is 5.73 Å². The van der Waals surface area contributed by atoms with Gasteiger partial charge in [0.05, 0.1) is 4.90 Å². The minimum absolute atomic E-state index is 0.212. The molecule has 1 aromatic heterocycles. The molecule has 1 aromatic carbocycles. The number of pyridine rings is 1. The van der Waals surface area contributed by atoms with Crippen LogP contribution in [0.5, 0.6) is 0 Å². The van der Waals surface area contributed by atoms with Crippen molar-refractivity contribution in [2.45, 2.75) is 17.7 Å². The van der Waals surface area contributed by atoms with Crippen molar-refractivity contribution in [3.8, 4) is 0 Å². The molecule has 3 N–H and O–H groups in total. The number of rotatable bonds is 6. The van der Waals surface area contributed by atoms with Gasteiger partial charge in [-0.05, 0) is 65.1 Å². The van der Waals surface area contributed by atoms with Crippen LogP contribution in [0.25, 0.3) is 0 Å². The van der Waals surface area contributed by atoms with Gasteiger partial charge in [0, 0.05) is 10.7 Å². The Morgan fingerprint density at radius 1 is 1.14 bits per heavy atom. The standard InChI is InChI=1S/C14H16BrN3O2S/c15-12-5-8-14(17-10-12)18-21(19,20)13-6-3-11(4-7-13)2-1-9-16/h3-8,10H,1-2,9,16H2,(H,17,18). The third-order valence-corrected chi connectivity index (χ3v) is 4.71. The van der Waals surface area contributed by atoms with E-state index in [-0.39, 0.29) is 10.7 Å². The van der Waals surface area contributed by atoms with Gasteiger partial charge in [-0.3, -0.25) is 4.72 Å². The predicted octanol–water partition coefficient (Wildman–Crippen LogP) is 2.54. The van der Waals surface area contributed by atoms with Crippen molar-refractivity contribution >= 4 is 31.8 Å². The maximum absolute atomic E-state index is 12.2. The van der Waals surface area contributed by atoms with Gasteiger partial charge in [0.2, 0.25) is 0 Å². The Morgan fingerprint density at radius 3 is 2.43 bits per heavy atom. The van der Waals surface area contributed by atoms with Crippen LogP contribution >= 0.6 is 15.9 Å². The Morgan fingerprint density at radius 2 is 1.86 bits per heavy atom. The summed E-state index contributed by atoms with van der Waals surface area (Å²) in [4.78, 5) is 4.21. The van der Waals surface area contributed by atoms with E-state index in [1.807, 2.05) is 0 Å². The molecule has 0 aliphatic rings. The maximum Gasteiger partial charge on any atom is 0.263 e. The lowest BCUT2D eigenvalue weighted by Crippen LogP contribution is -2.13. The highest BCUT2D eigenvalue weighted by Crippen LogP contribution is 2.17. The molecule has 1 heterocycles. The van der Waals surface area contributed by atoms with Gasteiger partial charge in [0.1, 0.15) is 5.82 Å². The molecule has 0 radical (unpaired) electrons. The van der Waals surface area contributed by atoms with Crippen molar-refractivity contribution in [3.05, 3.63) is 52.6 Å². The highest BCUT2D eigenvalue weighted by atomic mass is 79.9. The topological polar surface area (TPSA) is 85.1 Å². The first-order chi connectivity index (χ1) is 10.0. The Balaban J connectivity index is 2.13. The predicted molar refractivity (Wildman–Crippen MR) is 86.6 cm³/mol. The molecule has 0 unspecified atom stereocenters. The number of aryl methyl sites for hydroxylation is 1. The highest BCUT2D eigenvalue weighted by Gasteiger charge is 2.14. The summed E-state index contributed by atoms with van der Waals surface area (Å²) in [5.74, 6) is 0.283. The van der Waals surface area contributed by atoms with Gasteiger partial charge in [0.15, 0.2) is 0 Å². The molecular weight excluding hydrogens is 354 g/mol. The molecule has 112 valence electrons. The summed E-state index contributed by atoms with van der Waals surface area (Å²) in [6.45, 7) is 0.622. The van der Waals surface area contributed by atoms with Crippen LogP contribution in [0, 0.1) is 0 Å². The van der Waals surface area contributed by atoms with Gasteiger partial charge in [-0.1, -0.05) is 12.1 Å². The molecule has 0 aliphatic heterocycles. The van der Waals surface area contributed by atoms with Crippen LogP contribution in [0.15, 0.2) is 52.0 Å². The van der Waals surface area contributed by atoms with Crippen LogP contribution in [-0.2, 0) is 16.4 Å². The van der Waals surface area contributed by atoms with Gasteiger partial charge in [0.25, 0.3) is 10.0 Å². The molecule has 0 atom stereocenters. The second kappa shape index (κ2) is 7.02. The fourth-order valence-electron chi connectivity index (χ4n) is 1.77. The van der Waals surface area contributed by atoms with E-state index < -0.39 is 10.0 Å². The first kappa shape index (κ1) is 15.9. The molecule has 7 heteroatoms. The van der Waals surface area contributed by atoms with Crippen LogP contribution < -0.4 is 10.5 Å². The van der Waals surface area contributed by atoms with E-state index >= 15 is 0 Å². The summed E-state index contributed by atoms with van der Waals surface area (Å²) in [5.41, 5.74) is 6.53. The minimum Gasteiger partial charge on any atom is -0.330 e.